The van der Waals surface area contributed by atoms with E-state index in [1.54, 1.807) is 18.3 Å². The molecule has 1 aromatic carbocycles. The Morgan fingerprint density at radius 2 is 2.04 bits per heavy atom. The van der Waals surface area contributed by atoms with Crippen LogP contribution in [0.3, 0.4) is 0 Å². The zero-order chi connectivity index (χ0) is 20.3. The van der Waals surface area contributed by atoms with E-state index >= 15 is 0 Å². The largest absolute Gasteiger partial charge is 0.494 e. The molecule has 0 saturated carbocycles. The van der Waals surface area contributed by atoms with Crippen LogP contribution in [-0.2, 0) is 16.0 Å². The minimum Gasteiger partial charge on any atom is -0.494 e. The Morgan fingerprint density at radius 1 is 1.25 bits per heavy atom. The quantitative estimate of drug-likeness (QED) is 0.446. The summed E-state index contributed by atoms with van der Waals surface area (Å²) in [5, 5.41) is 2.63. The molecule has 0 N–H and O–H groups in total. The highest BCUT2D eigenvalue weighted by Gasteiger charge is 2.19. The van der Waals surface area contributed by atoms with Gasteiger partial charge in [0.2, 0.25) is 5.78 Å². The number of rotatable bonds is 7. The Bertz CT molecular complexity index is 1010. The van der Waals surface area contributed by atoms with Gasteiger partial charge in [-0.25, -0.2) is 9.37 Å². The summed E-state index contributed by atoms with van der Waals surface area (Å²) < 4.78 is 25.5. The van der Waals surface area contributed by atoms with Gasteiger partial charge in [-0.1, -0.05) is 6.07 Å². The maximum atomic E-state index is 13.7. The number of hydrogen-bond donors (Lipinski definition) is 0. The van der Waals surface area contributed by atoms with Crippen LogP contribution in [0.2, 0.25) is 0 Å². The van der Waals surface area contributed by atoms with Gasteiger partial charge in [-0.15, -0.1) is 11.3 Å². The maximum Gasteiger partial charge on any atom is 0.310 e. The number of Topliss-reactive ketones (excluding diaryl/α,β-unsaturated/α-hetero) is 1. The molecule has 6 nitrogen and oxygen atoms in total. The van der Waals surface area contributed by atoms with Gasteiger partial charge in [-0.2, -0.15) is 0 Å². The third-order valence-electron chi connectivity index (χ3n) is 4.27. The highest BCUT2D eigenvalue weighted by atomic mass is 32.1. The molecule has 0 saturated heterocycles. The van der Waals surface area contributed by atoms with E-state index in [0.717, 1.165) is 16.5 Å². The number of esters is 1. The van der Waals surface area contributed by atoms with Crippen molar-refractivity contribution in [2.24, 2.45) is 0 Å². The molecule has 28 heavy (non-hydrogen) atoms. The van der Waals surface area contributed by atoms with Crippen LogP contribution in [0.25, 0.3) is 5.13 Å². The summed E-state index contributed by atoms with van der Waals surface area (Å²) in [6.45, 7) is 3.33. The number of carbonyl (C=O) groups is 2. The van der Waals surface area contributed by atoms with Crippen molar-refractivity contribution in [3.63, 3.8) is 0 Å². The van der Waals surface area contributed by atoms with Crippen LogP contribution in [0.1, 0.15) is 27.3 Å². The van der Waals surface area contributed by atoms with Gasteiger partial charge in [0.15, 0.2) is 23.3 Å². The summed E-state index contributed by atoms with van der Waals surface area (Å²) >= 11 is 1.47. The fourth-order valence-electron chi connectivity index (χ4n) is 2.93. The van der Waals surface area contributed by atoms with E-state index in [1.165, 1.54) is 30.6 Å². The molecule has 0 fully saturated rings. The van der Waals surface area contributed by atoms with Crippen LogP contribution in [0.5, 0.6) is 5.75 Å². The number of ketones is 1. The lowest BCUT2D eigenvalue weighted by atomic mass is 10.1. The molecule has 0 aliphatic rings. The number of hydrogen-bond acceptors (Lipinski definition) is 6. The van der Waals surface area contributed by atoms with Crippen molar-refractivity contribution in [3.05, 3.63) is 64.2 Å². The van der Waals surface area contributed by atoms with Crippen LogP contribution in [-0.4, -0.2) is 35.0 Å². The number of benzene rings is 1. The number of carbonyl (C=O) groups excluding carboxylic acids is 2. The molecule has 2 heterocycles. The third-order valence-corrected chi connectivity index (χ3v) is 5.03. The van der Waals surface area contributed by atoms with Gasteiger partial charge < -0.3 is 9.47 Å². The Labute approximate surface area is 165 Å². The predicted octanol–water partition coefficient (Wildman–Crippen LogP) is 3.67. The van der Waals surface area contributed by atoms with Crippen LogP contribution in [0.15, 0.2) is 35.8 Å². The minimum absolute atomic E-state index is 0.0999. The molecule has 0 bridgehead atoms. The third kappa shape index (κ3) is 4.12. The molecular formula is C20H19FN2O4S. The highest BCUT2D eigenvalue weighted by molar-refractivity contribution is 7.12. The molecule has 0 amide bonds. The molecule has 3 aromatic rings. The topological polar surface area (TPSA) is 70.4 Å². The van der Waals surface area contributed by atoms with E-state index in [4.69, 9.17) is 9.47 Å². The normalized spacial score (nSPS) is 10.7. The van der Waals surface area contributed by atoms with Gasteiger partial charge in [0, 0.05) is 28.5 Å². The molecule has 0 radical (unpaired) electrons. The smallest absolute Gasteiger partial charge is 0.310 e. The number of halogens is 1. The summed E-state index contributed by atoms with van der Waals surface area (Å²) in [6.07, 6.45) is 1.57. The molecule has 3 rings (SSSR count). The zero-order valence-corrected chi connectivity index (χ0v) is 16.5. The summed E-state index contributed by atoms with van der Waals surface area (Å²) in [4.78, 5) is 28.8. The lowest BCUT2D eigenvalue weighted by Crippen LogP contribution is -2.16. The predicted molar refractivity (Wildman–Crippen MR) is 103 cm³/mol. The van der Waals surface area contributed by atoms with Gasteiger partial charge in [-0.3, -0.25) is 14.2 Å². The standard InChI is InChI=1S/C20H19FN2O4S/c1-12-8-15(13(2)23(12)20-22-6-7-28-20)17(24)11-27-19(25)10-14-4-5-18(26-3)16(21)9-14/h4-9H,10-11H2,1-3H3. The summed E-state index contributed by atoms with van der Waals surface area (Å²) in [6, 6.07) is 5.98. The lowest BCUT2D eigenvalue weighted by Gasteiger charge is -2.07. The fraction of sp³-hybridized carbons (Fsp3) is 0.250. The first-order valence-corrected chi connectivity index (χ1v) is 9.38. The van der Waals surface area contributed by atoms with Crippen molar-refractivity contribution in [1.29, 1.82) is 0 Å². The summed E-state index contributed by atoms with van der Waals surface area (Å²) in [7, 11) is 1.36. The zero-order valence-electron chi connectivity index (χ0n) is 15.7. The number of aromatic nitrogens is 2. The molecular weight excluding hydrogens is 383 g/mol. The number of thiazole rings is 1. The van der Waals surface area contributed by atoms with Crippen molar-refractivity contribution in [1.82, 2.24) is 9.55 Å². The first-order chi connectivity index (χ1) is 13.4. The Kier molecular flexibility index (Phi) is 5.89. The minimum atomic E-state index is -0.605. The average molecular weight is 402 g/mol. The van der Waals surface area contributed by atoms with Crippen molar-refractivity contribution in [2.75, 3.05) is 13.7 Å². The molecule has 0 atom stereocenters. The van der Waals surface area contributed by atoms with E-state index in [2.05, 4.69) is 4.98 Å². The molecule has 0 aliphatic heterocycles. The molecule has 0 aliphatic carbocycles. The van der Waals surface area contributed by atoms with Gasteiger partial charge in [0.1, 0.15) is 0 Å². The molecule has 0 spiro atoms. The van der Waals surface area contributed by atoms with Crippen LogP contribution in [0.4, 0.5) is 4.39 Å². The van der Waals surface area contributed by atoms with Crippen molar-refractivity contribution in [3.8, 4) is 10.9 Å². The average Bonchev–Trinajstić information content (AvgIpc) is 3.27. The Morgan fingerprint density at radius 3 is 2.68 bits per heavy atom. The van der Waals surface area contributed by atoms with E-state index in [-0.39, 0.29) is 24.6 Å². The van der Waals surface area contributed by atoms with Crippen molar-refractivity contribution >= 4 is 23.1 Å². The monoisotopic (exact) mass is 402 g/mol. The lowest BCUT2D eigenvalue weighted by molar-refractivity contribution is -0.141. The summed E-state index contributed by atoms with van der Waals surface area (Å²) in [5.41, 5.74) is 2.54. The van der Waals surface area contributed by atoms with Crippen molar-refractivity contribution < 1.29 is 23.5 Å². The van der Waals surface area contributed by atoms with E-state index in [9.17, 15) is 14.0 Å². The van der Waals surface area contributed by atoms with E-state index < -0.39 is 11.8 Å². The second kappa shape index (κ2) is 8.35. The Hall–Kier alpha value is -3.00. The van der Waals surface area contributed by atoms with Gasteiger partial charge in [0.05, 0.1) is 13.5 Å². The second-order valence-electron chi connectivity index (χ2n) is 6.16. The number of ether oxygens (including phenoxy) is 2. The van der Waals surface area contributed by atoms with Crippen molar-refractivity contribution in [2.45, 2.75) is 20.3 Å². The first kappa shape index (κ1) is 19.8. The highest BCUT2D eigenvalue weighted by Crippen LogP contribution is 2.23. The second-order valence-corrected chi connectivity index (χ2v) is 7.04. The first-order valence-electron chi connectivity index (χ1n) is 8.50. The number of aryl methyl sites for hydroxylation is 1. The summed E-state index contributed by atoms with van der Waals surface area (Å²) in [5.74, 6) is -1.36. The maximum absolute atomic E-state index is 13.7. The van der Waals surface area contributed by atoms with Crippen LogP contribution >= 0.6 is 11.3 Å². The van der Waals surface area contributed by atoms with E-state index in [1.807, 2.05) is 23.8 Å². The SMILES string of the molecule is COc1ccc(CC(=O)OCC(=O)c2cc(C)n(-c3nccs3)c2C)cc1F. The van der Waals surface area contributed by atoms with Crippen LogP contribution in [0, 0.1) is 19.7 Å². The Balaban J connectivity index is 1.63. The number of nitrogens with zero attached hydrogens (tertiary/aromatic N) is 2. The van der Waals surface area contributed by atoms with Crippen LogP contribution < -0.4 is 4.74 Å². The number of methoxy groups -OCH3 is 1. The van der Waals surface area contributed by atoms with Gasteiger partial charge in [0.25, 0.3) is 0 Å². The van der Waals surface area contributed by atoms with Gasteiger partial charge in [-0.05, 0) is 37.6 Å². The molecule has 0 unspecified atom stereocenters. The van der Waals surface area contributed by atoms with E-state index in [0.29, 0.717) is 11.1 Å². The molecule has 8 heteroatoms. The fourth-order valence-corrected chi connectivity index (χ4v) is 3.68. The van der Waals surface area contributed by atoms with Gasteiger partial charge >= 0.3 is 5.97 Å². The molecule has 146 valence electrons. The molecule has 2 aromatic heterocycles.